The Bertz CT molecular complexity index is 974. The number of benzene rings is 2. The van der Waals surface area contributed by atoms with Crippen molar-refractivity contribution >= 4 is 21.6 Å². The van der Waals surface area contributed by atoms with E-state index in [1.165, 1.54) is 14.2 Å². The first-order valence-electron chi connectivity index (χ1n) is 9.56. The molecule has 0 radical (unpaired) electrons. The number of carbonyl (C=O) groups excluding carboxylic acids is 1. The molecule has 0 aliphatic rings. The van der Waals surface area contributed by atoms with E-state index in [-0.39, 0.29) is 5.69 Å². The first-order chi connectivity index (χ1) is 14.0. The first kappa shape index (κ1) is 23.5. The van der Waals surface area contributed by atoms with E-state index in [1.54, 1.807) is 25.1 Å². The Balaban J connectivity index is 2.34. The Labute approximate surface area is 179 Å². The van der Waals surface area contributed by atoms with Crippen LogP contribution in [0, 0.1) is 0 Å². The summed E-state index contributed by atoms with van der Waals surface area (Å²) >= 11 is 0. The third-order valence-corrected chi connectivity index (χ3v) is 5.89. The van der Waals surface area contributed by atoms with Crippen molar-refractivity contribution in [1.82, 2.24) is 5.32 Å². The number of rotatable bonds is 9. The van der Waals surface area contributed by atoms with E-state index >= 15 is 0 Å². The van der Waals surface area contributed by atoms with Crippen LogP contribution in [0.3, 0.4) is 0 Å². The van der Waals surface area contributed by atoms with E-state index in [4.69, 9.17) is 9.47 Å². The zero-order valence-corrected chi connectivity index (χ0v) is 19.1. The van der Waals surface area contributed by atoms with Gasteiger partial charge >= 0.3 is 0 Å². The van der Waals surface area contributed by atoms with Gasteiger partial charge in [-0.1, -0.05) is 30.3 Å². The number of nitrogens with one attached hydrogen (secondary N) is 1. The van der Waals surface area contributed by atoms with Crippen LogP contribution in [0.25, 0.3) is 0 Å². The van der Waals surface area contributed by atoms with Gasteiger partial charge < -0.3 is 14.8 Å². The molecule has 30 heavy (non-hydrogen) atoms. The van der Waals surface area contributed by atoms with Gasteiger partial charge in [-0.2, -0.15) is 0 Å². The highest BCUT2D eigenvalue weighted by atomic mass is 32.2. The van der Waals surface area contributed by atoms with Gasteiger partial charge in [0, 0.05) is 11.6 Å². The number of hydrogen-bond acceptors (Lipinski definition) is 5. The topological polar surface area (TPSA) is 84.9 Å². The Morgan fingerprint density at radius 2 is 1.73 bits per heavy atom. The van der Waals surface area contributed by atoms with Gasteiger partial charge in [0.2, 0.25) is 15.9 Å². The lowest BCUT2D eigenvalue weighted by molar-refractivity contribution is -0.123. The summed E-state index contributed by atoms with van der Waals surface area (Å²) in [6, 6.07) is 13.6. The second-order valence-electron chi connectivity index (χ2n) is 7.81. The van der Waals surface area contributed by atoms with Gasteiger partial charge in [-0.25, -0.2) is 8.42 Å². The average molecular weight is 435 g/mol. The maximum absolute atomic E-state index is 13.1. The first-order valence-corrected chi connectivity index (χ1v) is 11.4. The Morgan fingerprint density at radius 1 is 1.10 bits per heavy atom. The summed E-state index contributed by atoms with van der Waals surface area (Å²) in [6.45, 7) is 5.36. The predicted molar refractivity (Wildman–Crippen MR) is 119 cm³/mol. The fourth-order valence-electron chi connectivity index (χ4n) is 3.34. The minimum atomic E-state index is -3.80. The molecule has 0 unspecified atom stereocenters. The third-order valence-electron chi connectivity index (χ3n) is 4.66. The van der Waals surface area contributed by atoms with E-state index in [1.807, 2.05) is 44.2 Å². The van der Waals surface area contributed by atoms with Gasteiger partial charge in [-0.05, 0) is 44.9 Å². The number of nitrogens with zero attached hydrogens (tertiary/aromatic N) is 1. The van der Waals surface area contributed by atoms with Crippen LogP contribution >= 0.6 is 0 Å². The monoisotopic (exact) mass is 434 g/mol. The second-order valence-corrected chi connectivity index (χ2v) is 9.67. The second kappa shape index (κ2) is 9.38. The van der Waals surface area contributed by atoms with Crippen LogP contribution < -0.4 is 19.1 Å². The highest BCUT2D eigenvalue weighted by Crippen LogP contribution is 2.35. The summed E-state index contributed by atoms with van der Waals surface area (Å²) in [5.41, 5.74) is 0.738. The quantitative estimate of drug-likeness (QED) is 0.656. The molecule has 1 atom stereocenters. The summed E-state index contributed by atoms with van der Waals surface area (Å²) in [5.74, 6) is 0.368. The lowest BCUT2D eigenvalue weighted by Gasteiger charge is -2.33. The molecule has 2 rings (SSSR count). The van der Waals surface area contributed by atoms with Crippen LogP contribution in [0.4, 0.5) is 5.69 Å². The minimum Gasteiger partial charge on any atom is -0.497 e. The van der Waals surface area contributed by atoms with Gasteiger partial charge in [0.15, 0.2) is 0 Å². The third kappa shape index (κ3) is 5.89. The molecule has 8 heteroatoms. The van der Waals surface area contributed by atoms with Crippen molar-refractivity contribution in [1.29, 1.82) is 0 Å². The lowest BCUT2D eigenvalue weighted by atomic mass is 9.94. The molecule has 0 bridgehead atoms. The molecule has 2 aromatic rings. The number of sulfonamides is 1. The normalized spacial score (nSPS) is 12.7. The van der Waals surface area contributed by atoms with Gasteiger partial charge in [0.1, 0.15) is 17.5 Å². The SMILES string of the molecule is COc1ccc(OC)c(N([C@H](C)C(=O)NC(C)(C)Cc2ccccc2)S(C)(=O)=O)c1. The highest BCUT2D eigenvalue weighted by Gasteiger charge is 2.34. The van der Waals surface area contributed by atoms with Crippen LogP contribution in [0.5, 0.6) is 11.5 Å². The Morgan fingerprint density at radius 3 is 2.27 bits per heavy atom. The number of anilines is 1. The zero-order chi connectivity index (χ0) is 22.5. The average Bonchev–Trinajstić information content (AvgIpc) is 2.66. The van der Waals surface area contributed by atoms with E-state index in [2.05, 4.69) is 5.32 Å². The number of methoxy groups -OCH3 is 2. The molecule has 1 N–H and O–H groups in total. The predicted octanol–water partition coefficient (Wildman–Crippen LogP) is 3.00. The largest absolute Gasteiger partial charge is 0.497 e. The van der Waals surface area contributed by atoms with Gasteiger partial charge in [-0.15, -0.1) is 0 Å². The van der Waals surface area contributed by atoms with Gasteiger partial charge in [-0.3, -0.25) is 9.10 Å². The summed E-state index contributed by atoms with van der Waals surface area (Å²) in [5, 5.41) is 2.98. The van der Waals surface area contributed by atoms with Crippen LogP contribution in [-0.2, 0) is 21.2 Å². The maximum Gasteiger partial charge on any atom is 0.244 e. The molecular formula is C22H30N2O5S. The van der Waals surface area contributed by atoms with Gasteiger partial charge in [0.25, 0.3) is 0 Å². The molecule has 0 aliphatic heterocycles. The van der Waals surface area contributed by atoms with Crippen LogP contribution in [-0.4, -0.2) is 46.4 Å². The fourth-order valence-corrected chi connectivity index (χ4v) is 4.51. The minimum absolute atomic E-state index is 0.239. The molecule has 0 heterocycles. The summed E-state index contributed by atoms with van der Waals surface area (Å²) in [6.07, 6.45) is 1.67. The van der Waals surface area contributed by atoms with E-state index in [9.17, 15) is 13.2 Å². The molecule has 1 amide bonds. The van der Waals surface area contributed by atoms with Crippen molar-refractivity contribution in [3.05, 3.63) is 54.1 Å². The van der Waals surface area contributed by atoms with Crippen molar-refractivity contribution in [2.24, 2.45) is 0 Å². The van der Waals surface area contributed by atoms with Crippen molar-refractivity contribution in [2.45, 2.75) is 38.8 Å². The maximum atomic E-state index is 13.1. The standard InChI is InChI=1S/C22H30N2O5S/c1-16(21(25)23-22(2,3)15-17-10-8-7-9-11-17)24(30(6,26)27)19-14-18(28-4)12-13-20(19)29-5/h7-14,16H,15H2,1-6H3,(H,23,25)/t16-/m1/s1. The number of amides is 1. The molecule has 0 aromatic heterocycles. The van der Waals surface area contributed by atoms with Crippen molar-refractivity contribution in [3.63, 3.8) is 0 Å². The van der Waals surface area contributed by atoms with Crippen LogP contribution in [0.15, 0.2) is 48.5 Å². The smallest absolute Gasteiger partial charge is 0.244 e. The molecule has 0 saturated carbocycles. The number of ether oxygens (including phenoxy) is 2. The Kier molecular flexibility index (Phi) is 7.36. The summed E-state index contributed by atoms with van der Waals surface area (Å²) < 4.78 is 36.9. The van der Waals surface area contributed by atoms with E-state index < -0.39 is 27.5 Å². The van der Waals surface area contributed by atoms with Crippen molar-refractivity contribution < 1.29 is 22.7 Å². The lowest BCUT2D eigenvalue weighted by Crippen LogP contribution is -2.54. The molecule has 164 valence electrons. The van der Waals surface area contributed by atoms with Crippen molar-refractivity contribution in [3.8, 4) is 11.5 Å². The summed E-state index contributed by atoms with van der Waals surface area (Å²) in [7, 11) is -0.869. The molecule has 2 aromatic carbocycles. The molecule has 0 fully saturated rings. The van der Waals surface area contributed by atoms with E-state index in [0.29, 0.717) is 17.9 Å². The highest BCUT2D eigenvalue weighted by molar-refractivity contribution is 7.92. The molecule has 0 saturated heterocycles. The van der Waals surface area contributed by atoms with E-state index in [0.717, 1.165) is 16.1 Å². The molecule has 0 aliphatic carbocycles. The zero-order valence-electron chi connectivity index (χ0n) is 18.3. The molecule has 7 nitrogen and oxygen atoms in total. The van der Waals surface area contributed by atoms with Crippen LogP contribution in [0.2, 0.25) is 0 Å². The fraction of sp³-hybridized carbons (Fsp3) is 0.409. The van der Waals surface area contributed by atoms with Crippen LogP contribution in [0.1, 0.15) is 26.3 Å². The Hall–Kier alpha value is -2.74. The van der Waals surface area contributed by atoms with Gasteiger partial charge in [0.05, 0.1) is 26.2 Å². The summed E-state index contributed by atoms with van der Waals surface area (Å²) in [4.78, 5) is 13.1. The van der Waals surface area contributed by atoms with Crippen molar-refractivity contribution in [2.75, 3.05) is 24.8 Å². The molecule has 0 spiro atoms. The number of hydrogen-bond donors (Lipinski definition) is 1. The number of carbonyl (C=O) groups is 1. The molecular weight excluding hydrogens is 404 g/mol.